The van der Waals surface area contributed by atoms with Crippen molar-refractivity contribution < 1.29 is 17.9 Å². The molecule has 0 saturated carbocycles. The molecule has 0 radical (unpaired) electrons. The molecule has 5 aromatic rings. The number of hydrogen-bond acceptors (Lipinski definition) is 8. The minimum absolute atomic E-state index is 0.153. The van der Waals surface area contributed by atoms with Crippen LogP contribution in [0.5, 0.6) is 5.88 Å². The van der Waals surface area contributed by atoms with Crippen LogP contribution in [0, 0.1) is 18.8 Å². The molecular weight excluding hydrogens is 552 g/mol. The molecular formula is C31H36N6O4S. The number of benzene rings is 1. The lowest BCUT2D eigenvalue weighted by molar-refractivity contribution is 0.0552. The van der Waals surface area contributed by atoms with Crippen LogP contribution in [0.15, 0.2) is 53.7 Å². The molecule has 220 valence electrons. The molecule has 0 spiro atoms. The van der Waals surface area contributed by atoms with E-state index in [1.807, 2.05) is 32.2 Å². The maximum absolute atomic E-state index is 13.4. The normalized spacial score (nSPS) is 15.6. The zero-order chi connectivity index (χ0) is 29.6. The van der Waals surface area contributed by atoms with Gasteiger partial charge >= 0.3 is 0 Å². The van der Waals surface area contributed by atoms with Crippen LogP contribution < -0.4 is 4.74 Å². The quantitative estimate of drug-likeness (QED) is 0.245. The molecule has 0 N–H and O–H groups in total. The number of aryl methyl sites for hydroxylation is 2. The Hall–Kier alpha value is -3.83. The van der Waals surface area contributed by atoms with Gasteiger partial charge in [-0.05, 0) is 43.2 Å². The van der Waals surface area contributed by atoms with Gasteiger partial charge in [0.25, 0.3) is 0 Å². The first kappa shape index (κ1) is 28.3. The lowest BCUT2D eigenvalue weighted by Crippen LogP contribution is -2.27. The average molecular weight is 589 g/mol. The van der Waals surface area contributed by atoms with E-state index in [-0.39, 0.29) is 22.8 Å². The Labute approximate surface area is 245 Å². The number of ether oxygens (including phenoxy) is 2. The van der Waals surface area contributed by atoms with Gasteiger partial charge in [0.15, 0.2) is 9.84 Å². The van der Waals surface area contributed by atoms with E-state index in [9.17, 15) is 8.42 Å². The molecule has 6 rings (SSSR count). The van der Waals surface area contributed by atoms with E-state index < -0.39 is 9.84 Å². The highest BCUT2D eigenvalue weighted by Gasteiger charge is 2.34. The molecule has 5 heterocycles. The first-order valence-corrected chi connectivity index (χ1v) is 16.2. The highest BCUT2D eigenvalue weighted by atomic mass is 32.2. The third kappa shape index (κ3) is 5.05. The molecule has 42 heavy (non-hydrogen) atoms. The number of rotatable bonds is 8. The van der Waals surface area contributed by atoms with Gasteiger partial charge in [-0.3, -0.25) is 4.98 Å². The summed E-state index contributed by atoms with van der Waals surface area (Å²) in [5.41, 5.74) is 5.57. The van der Waals surface area contributed by atoms with E-state index in [1.54, 1.807) is 10.9 Å². The summed E-state index contributed by atoms with van der Waals surface area (Å²) < 4.78 is 42.7. The second-order valence-corrected chi connectivity index (χ2v) is 13.5. The summed E-state index contributed by atoms with van der Waals surface area (Å²) in [6.07, 6.45) is 6.15. The third-order valence-corrected chi connectivity index (χ3v) is 9.04. The molecule has 10 nitrogen and oxygen atoms in total. The van der Waals surface area contributed by atoms with Crippen molar-refractivity contribution in [3.8, 4) is 17.1 Å². The van der Waals surface area contributed by atoms with Crippen LogP contribution in [0.1, 0.15) is 44.0 Å². The minimum atomic E-state index is -3.68. The second-order valence-electron chi connectivity index (χ2n) is 11.5. The van der Waals surface area contributed by atoms with Gasteiger partial charge in [0.05, 0.1) is 46.7 Å². The zero-order valence-electron chi connectivity index (χ0n) is 24.6. The summed E-state index contributed by atoms with van der Waals surface area (Å²) >= 11 is 0. The smallest absolute Gasteiger partial charge is 0.225 e. The fourth-order valence-corrected chi connectivity index (χ4v) is 6.88. The highest BCUT2D eigenvalue weighted by molar-refractivity contribution is 7.91. The first-order valence-electron chi connectivity index (χ1n) is 14.3. The molecule has 0 bridgehead atoms. The molecule has 1 aliphatic heterocycles. The Balaban J connectivity index is 1.77. The Bertz CT molecular complexity index is 1840. The molecule has 0 amide bonds. The summed E-state index contributed by atoms with van der Waals surface area (Å²) in [6, 6.07) is 12.2. The van der Waals surface area contributed by atoms with Gasteiger partial charge in [-0.25, -0.2) is 18.1 Å². The van der Waals surface area contributed by atoms with Gasteiger partial charge < -0.3 is 14.0 Å². The molecule has 1 atom stereocenters. The summed E-state index contributed by atoms with van der Waals surface area (Å²) in [7, 11) is -1.82. The largest absolute Gasteiger partial charge is 0.477 e. The van der Waals surface area contributed by atoms with Gasteiger partial charge in [-0.1, -0.05) is 49.4 Å². The Kier molecular flexibility index (Phi) is 7.48. The van der Waals surface area contributed by atoms with Crippen molar-refractivity contribution in [1.82, 2.24) is 29.5 Å². The lowest BCUT2D eigenvalue weighted by atomic mass is 9.86. The van der Waals surface area contributed by atoms with E-state index in [0.29, 0.717) is 42.1 Å². The summed E-state index contributed by atoms with van der Waals surface area (Å²) in [5, 5.41) is 9.06. The number of aromatic nitrogens is 6. The zero-order valence-corrected chi connectivity index (χ0v) is 25.4. The van der Waals surface area contributed by atoms with Crippen molar-refractivity contribution in [1.29, 1.82) is 0 Å². The predicted molar refractivity (Wildman–Crippen MR) is 161 cm³/mol. The molecule has 1 saturated heterocycles. The van der Waals surface area contributed by atoms with Crippen LogP contribution in [0.4, 0.5) is 0 Å². The monoisotopic (exact) mass is 588 g/mol. The Morgan fingerprint density at radius 1 is 1.10 bits per heavy atom. The van der Waals surface area contributed by atoms with Crippen LogP contribution in [-0.4, -0.2) is 64.0 Å². The lowest BCUT2D eigenvalue weighted by Gasteiger charge is -2.33. The number of sulfone groups is 1. The van der Waals surface area contributed by atoms with E-state index >= 15 is 0 Å². The van der Waals surface area contributed by atoms with Gasteiger partial charge in [0.2, 0.25) is 5.88 Å². The van der Waals surface area contributed by atoms with Gasteiger partial charge in [-0.2, -0.15) is 0 Å². The van der Waals surface area contributed by atoms with Crippen LogP contribution in [0.25, 0.3) is 33.2 Å². The Morgan fingerprint density at radius 2 is 1.83 bits per heavy atom. The summed E-state index contributed by atoms with van der Waals surface area (Å²) in [5.74, 6) is 0.834. The number of nitrogens with zero attached hydrogens (tertiary/aromatic N) is 6. The first-order chi connectivity index (χ1) is 20.1. The highest BCUT2D eigenvalue weighted by Crippen LogP contribution is 2.45. The second kappa shape index (κ2) is 11.1. The van der Waals surface area contributed by atoms with Crippen molar-refractivity contribution in [2.45, 2.75) is 44.6 Å². The van der Waals surface area contributed by atoms with Crippen molar-refractivity contribution >= 4 is 31.8 Å². The molecule has 0 aliphatic carbocycles. The number of pyridine rings is 2. The summed E-state index contributed by atoms with van der Waals surface area (Å²) in [6.45, 7) is 7.79. The molecule has 11 heteroatoms. The Morgan fingerprint density at radius 3 is 2.48 bits per heavy atom. The summed E-state index contributed by atoms with van der Waals surface area (Å²) in [4.78, 5) is 9.68. The minimum Gasteiger partial charge on any atom is -0.477 e. The van der Waals surface area contributed by atoms with E-state index in [1.165, 1.54) is 12.5 Å². The molecule has 4 aromatic heterocycles. The SMILES string of the molecule is Cc1nnn(C)c1-c1cnc2c3c(OCC(C)C)ncc(S(C)(=O)=O)c3n([C@H](c3ccccc3)C3CCOCC3)c2c1. The maximum Gasteiger partial charge on any atom is 0.225 e. The van der Waals surface area contributed by atoms with Gasteiger partial charge in [0.1, 0.15) is 10.4 Å². The van der Waals surface area contributed by atoms with Gasteiger partial charge in [0, 0.05) is 38.3 Å². The van der Waals surface area contributed by atoms with Crippen LogP contribution in [-0.2, 0) is 21.6 Å². The number of fused-ring (bicyclic) bond motifs is 3. The topological polar surface area (TPSA) is 114 Å². The van der Waals surface area contributed by atoms with Crippen LogP contribution in [0.3, 0.4) is 0 Å². The van der Waals surface area contributed by atoms with Crippen LogP contribution >= 0.6 is 0 Å². The fraction of sp³-hybridized carbons (Fsp3) is 0.419. The van der Waals surface area contributed by atoms with Crippen molar-refractivity contribution in [3.05, 3.63) is 60.0 Å². The fourth-order valence-electron chi connectivity index (χ4n) is 6.08. The number of hydrogen-bond donors (Lipinski definition) is 0. The van der Waals surface area contributed by atoms with E-state index in [0.717, 1.165) is 40.9 Å². The van der Waals surface area contributed by atoms with Crippen molar-refractivity contribution in [2.24, 2.45) is 18.9 Å². The molecule has 1 fully saturated rings. The molecule has 0 unspecified atom stereocenters. The standard InChI is InChI=1S/C31H36N6O4S/c1-19(2)18-41-31-26-27-24(15-23(16-32-27)28-20(3)34-35-36(28)4)37(30(26)25(17-33-31)42(5,38)39)29(21-9-7-6-8-10-21)22-11-13-40-14-12-22/h6-10,15-17,19,22,29H,11-14,18H2,1-5H3/t29-/m1/s1. The predicted octanol–water partition coefficient (Wildman–Crippen LogP) is 5.14. The van der Waals surface area contributed by atoms with E-state index in [2.05, 4.69) is 51.9 Å². The van der Waals surface area contributed by atoms with Crippen LogP contribution in [0.2, 0.25) is 0 Å². The van der Waals surface area contributed by atoms with Gasteiger partial charge in [-0.15, -0.1) is 5.10 Å². The molecule has 1 aliphatic rings. The van der Waals surface area contributed by atoms with E-state index in [4.69, 9.17) is 14.5 Å². The molecule has 1 aromatic carbocycles. The van der Waals surface area contributed by atoms with Crippen molar-refractivity contribution in [3.63, 3.8) is 0 Å². The van der Waals surface area contributed by atoms with Crippen molar-refractivity contribution in [2.75, 3.05) is 26.1 Å². The average Bonchev–Trinajstić information content (AvgIpc) is 3.48. The third-order valence-electron chi connectivity index (χ3n) is 7.94. The maximum atomic E-state index is 13.4.